The van der Waals surface area contributed by atoms with Gasteiger partial charge in [0, 0.05) is 42.4 Å². The monoisotopic (exact) mass is 332 g/mol. The van der Waals surface area contributed by atoms with Gasteiger partial charge in [0.1, 0.15) is 0 Å². The molecule has 0 aliphatic rings. The molecule has 1 atom stereocenters. The summed E-state index contributed by atoms with van der Waals surface area (Å²) in [5.41, 5.74) is 3.89. The SMILES string of the molecule is COCCn1c(C)c(C)c2cc(C(=O)NCC(C)C(=O)O)ccc21. The van der Waals surface area contributed by atoms with Crippen LogP contribution in [0.4, 0.5) is 0 Å². The first-order chi connectivity index (χ1) is 11.4. The maximum Gasteiger partial charge on any atom is 0.308 e. The molecular weight excluding hydrogens is 308 g/mol. The molecule has 6 heteroatoms. The normalized spacial score (nSPS) is 12.3. The van der Waals surface area contributed by atoms with Crippen LogP contribution in [-0.4, -0.2) is 41.8 Å². The lowest BCUT2D eigenvalue weighted by Gasteiger charge is -2.09. The van der Waals surface area contributed by atoms with E-state index >= 15 is 0 Å². The number of carbonyl (C=O) groups is 2. The first-order valence-corrected chi connectivity index (χ1v) is 7.96. The summed E-state index contributed by atoms with van der Waals surface area (Å²) in [6, 6.07) is 5.56. The van der Waals surface area contributed by atoms with E-state index < -0.39 is 11.9 Å². The minimum Gasteiger partial charge on any atom is -0.481 e. The van der Waals surface area contributed by atoms with Gasteiger partial charge in [-0.25, -0.2) is 0 Å². The number of benzene rings is 1. The topological polar surface area (TPSA) is 80.6 Å². The summed E-state index contributed by atoms with van der Waals surface area (Å²) in [6.07, 6.45) is 0. The van der Waals surface area contributed by atoms with Crippen molar-refractivity contribution in [2.75, 3.05) is 20.3 Å². The minimum absolute atomic E-state index is 0.110. The molecule has 1 unspecified atom stereocenters. The highest BCUT2D eigenvalue weighted by atomic mass is 16.5. The molecule has 0 aliphatic carbocycles. The van der Waals surface area contributed by atoms with E-state index in [9.17, 15) is 9.59 Å². The minimum atomic E-state index is -0.924. The third-order valence-electron chi connectivity index (χ3n) is 4.41. The van der Waals surface area contributed by atoms with E-state index in [0.717, 1.165) is 28.7 Å². The molecule has 0 saturated carbocycles. The number of hydrogen-bond donors (Lipinski definition) is 2. The summed E-state index contributed by atoms with van der Waals surface area (Å²) < 4.78 is 7.34. The van der Waals surface area contributed by atoms with E-state index in [1.54, 1.807) is 20.1 Å². The van der Waals surface area contributed by atoms with Crippen LogP contribution in [0.1, 0.15) is 28.5 Å². The van der Waals surface area contributed by atoms with Crippen LogP contribution in [0, 0.1) is 19.8 Å². The molecule has 1 amide bonds. The first kappa shape index (κ1) is 18.0. The zero-order valence-electron chi connectivity index (χ0n) is 14.5. The molecule has 130 valence electrons. The lowest BCUT2D eigenvalue weighted by Crippen LogP contribution is -2.31. The van der Waals surface area contributed by atoms with Crippen LogP contribution in [0.5, 0.6) is 0 Å². The van der Waals surface area contributed by atoms with E-state index in [0.29, 0.717) is 12.2 Å². The van der Waals surface area contributed by atoms with Crippen LogP contribution in [-0.2, 0) is 16.1 Å². The number of ether oxygens (including phenoxy) is 1. The maximum atomic E-state index is 12.3. The Labute approximate surface area is 141 Å². The molecule has 0 aliphatic heterocycles. The van der Waals surface area contributed by atoms with Crippen molar-refractivity contribution in [3.63, 3.8) is 0 Å². The Bertz CT molecular complexity index is 764. The number of aryl methyl sites for hydroxylation is 1. The van der Waals surface area contributed by atoms with Crippen LogP contribution in [0.2, 0.25) is 0 Å². The molecule has 6 nitrogen and oxygen atoms in total. The maximum absolute atomic E-state index is 12.3. The van der Waals surface area contributed by atoms with E-state index in [-0.39, 0.29) is 12.5 Å². The van der Waals surface area contributed by atoms with Crippen molar-refractivity contribution in [3.8, 4) is 0 Å². The molecule has 0 saturated heterocycles. The fraction of sp³-hybridized carbons (Fsp3) is 0.444. The molecule has 2 N–H and O–H groups in total. The van der Waals surface area contributed by atoms with Gasteiger partial charge in [0.2, 0.25) is 0 Å². The second-order valence-electron chi connectivity index (χ2n) is 6.04. The summed E-state index contributed by atoms with van der Waals surface area (Å²) in [5.74, 6) is -1.80. The molecular formula is C18H24N2O4. The summed E-state index contributed by atoms with van der Waals surface area (Å²) >= 11 is 0. The van der Waals surface area contributed by atoms with E-state index in [4.69, 9.17) is 9.84 Å². The second-order valence-corrected chi connectivity index (χ2v) is 6.04. The van der Waals surface area contributed by atoms with Crippen molar-refractivity contribution in [3.05, 3.63) is 35.0 Å². The van der Waals surface area contributed by atoms with Crippen molar-refractivity contribution < 1.29 is 19.4 Å². The molecule has 1 aromatic heterocycles. The lowest BCUT2D eigenvalue weighted by molar-refractivity contribution is -0.140. The summed E-state index contributed by atoms with van der Waals surface area (Å²) in [6.45, 7) is 7.15. The molecule has 2 aromatic rings. The number of nitrogens with one attached hydrogen (secondary N) is 1. The van der Waals surface area contributed by atoms with Crippen LogP contribution >= 0.6 is 0 Å². The van der Waals surface area contributed by atoms with Crippen molar-refractivity contribution in [1.29, 1.82) is 0 Å². The van der Waals surface area contributed by atoms with Crippen molar-refractivity contribution in [2.45, 2.75) is 27.3 Å². The van der Waals surface area contributed by atoms with Gasteiger partial charge in [-0.2, -0.15) is 0 Å². The molecule has 0 bridgehead atoms. The number of hydrogen-bond acceptors (Lipinski definition) is 3. The van der Waals surface area contributed by atoms with Crippen LogP contribution < -0.4 is 5.32 Å². The Hall–Kier alpha value is -2.34. The number of carbonyl (C=O) groups excluding carboxylic acids is 1. The van der Waals surface area contributed by atoms with Gasteiger partial charge < -0.3 is 19.7 Å². The number of nitrogens with zero attached hydrogens (tertiary/aromatic N) is 1. The fourth-order valence-corrected chi connectivity index (χ4v) is 2.70. The van der Waals surface area contributed by atoms with Gasteiger partial charge in [-0.1, -0.05) is 6.92 Å². The quantitative estimate of drug-likeness (QED) is 0.815. The van der Waals surface area contributed by atoms with Gasteiger partial charge in [-0.3, -0.25) is 9.59 Å². The van der Waals surface area contributed by atoms with Gasteiger partial charge in [0.05, 0.1) is 12.5 Å². The number of aromatic nitrogens is 1. The molecule has 0 fully saturated rings. The van der Waals surface area contributed by atoms with E-state index in [1.165, 1.54) is 0 Å². The summed E-state index contributed by atoms with van der Waals surface area (Å²) in [4.78, 5) is 23.1. The van der Waals surface area contributed by atoms with Crippen LogP contribution in [0.15, 0.2) is 18.2 Å². The summed E-state index contributed by atoms with van der Waals surface area (Å²) in [5, 5.41) is 12.6. The van der Waals surface area contributed by atoms with Gasteiger partial charge >= 0.3 is 5.97 Å². The number of carboxylic acids is 1. The zero-order chi connectivity index (χ0) is 17.9. The Morgan fingerprint density at radius 3 is 2.67 bits per heavy atom. The summed E-state index contributed by atoms with van der Waals surface area (Å²) in [7, 11) is 1.68. The smallest absolute Gasteiger partial charge is 0.308 e. The van der Waals surface area contributed by atoms with Gasteiger partial charge in [0.15, 0.2) is 0 Å². The largest absolute Gasteiger partial charge is 0.481 e. The third kappa shape index (κ3) is 3.59. The number of carboxylic acid groups (broad SMARTS) is 1. The van der Waals surface area contributed by atoms with Gasteiger partial charge in [0.25, 0.3) is 5.91 Å². The lowest BCUT2D eigenvalue weighted by atomic mass is 10.1. The van der Waals surface area contributed by atoms with Crippen molar-refractivity contribution in [2.24, 2.45) is 5.92 Å². The van der Waals surface area contributed by atoms with Gasteiger partial charge in [-0.05, 0) is 37.6 Å². The Balaban J connectivity index is 2.26. The van der Waals surface area contributed by atoms with Crippen molar-refractivity contribution >= 4 is 22.8 Å². The number of methoxy groups -OCH3 is 1. The van der Waals surface area contributed by atoms with Gasteiger partial charge in [-0.15, -0.1) is 0 Å². The first-order valence-electron chi connectivity index (χ1n) is 7.96. The van der Waals surface area contributed by atoms with Crippen molar-refractivity contribution in [1.82, 2.24) is 9.88 Å². The predicted octanol–water partition coefficient (Wildman–Crippen LogP) is 2.36. The number of rotatable bonds is 7. The molecule has 24 heavy (non-hydrogen) atoms. The number of fused-ring (bicyclic) bond motifs is 1. The highest BCUT2D eigenvalue weighted by Gasteiger charge is 2.16. The Morgan fingerprint density at radius 2 is 2.04 bits per heavy atom. The Morgan fingerprint density at radius 1 is 1.33 bits per heavy atom. The average molecular weight is 332 g/mol. The highest BCUT2D eigenvalue weighted by molar-refractivity contribution is 5.99. The molecule has 0 radical (unpaired) electrons. The van der Waals surface area contributed by atoms with Crippen LogP contribution in [0.25, 0.3) is 10.9 Å². The molecule has 1 aromatic carbocycles. The predicted molar refractivity (Wildman–Crippen MR) is 92.4 cm³/mol. The standard InChI is InChI=1S/C18H24N2O4/c1-11(18(22)23)10-19-17(21)14-5-6-16-15(9-14)12(2)13(3)20(16)7-8-24-4/h5-6,9,11H,7-8,10H2,1-4H3,(H,19,21)(H,22,23). The molecule has 0 spiro atoms. The Kier molecular flexibility index (Phi) is 5.62. The molecule has 2 rings (SSSR count). The van der Waals surface area contributed by atoms with E-state index in [2.05, 4.69) is 16.8 Å². The highest BCUT2D eigenvalue weighted by Crippen LogP contribution is 2.26. The average Bonchev–Trinajstić information content (AvgIpc) is 2.81. The fourth-order valence-electron chi connectivity index (χ4n) is 2.70. The van der Waals surface area contributed by atoms with E-state index in [1.807, 2.05) is 19.1 Å². The molecule has 1 heterocycles. The zero-order valence-corrected chi connectivity index (χ0v) is 14.5. The number of amides is 1. The number of aliphatic carboxylic acids is 1. The third-order valence-corrected chi connectivity index (χ3v) is 4.41. The second kappa shape index (κ2) is 7.49. The van der Waals surface area contributed by atoms with Crippen LogP contribution in [0.3, 0.4) is 0 Å².